The normalized spacial score (nSPS) is 15.5. The number of benzene rings is 1. The summed E-state index contributed by atoms with van der Waals surface area (Å²) < 4.78 is 10.8. The van der Waals surface area contributed by atoms with Crippen molar-refractivity contribution < 1.29 is 8.94 Å². The minimum atomic E-state index is 0. The molecule has 3 heterocycles. The van der Waals surface area contributed by atoms with E-state index in [0.717, 1.165) is 74.1 Å². The quantitative estimate of drug-likeness (QED) is 0.312. The number of nitrogens with one attached hydrogen (secondary N) is 1. The monoisotopic (exact) mass is 509 g/mol. The third-order valence-corrected chi connectivity index (χ3v) is 4.98. The Morgan fingerprint density at radius 1 is 1.17 bits per heavy atom. The van der Waals surface area contributed by atoms with Gasteiger partial charge in [-0.25, -0.2) is 0 Å². The first-order valence-electron chi connectivity index (χ1n) is 9.94. The average Bonchev–Trinajstić information content (AvgIpc) is 3.37. The molecule has 8 heteroatoms. The summed E-state index contributed by atoms with van der Waals surface area (Å²) in [6.45, 7) is 8.40. The fourth-order valence-corrected chi connectivity index (χ4v) is 3.52. The number of para-hydroxylation sites is 1. The standard InChI is InChI=1S/C21H27N5O2.HI/c1-2-22-21(23-9-7-19-15-17-5-3-4-6-20(17)28-19)26-12-10-25(11-13-26)16-18-8-14-27-24-18;/h3-6,8,14-15H,2,7,9-13,16H2,1H3,(H,22,23);1H. The lowest BCUT2D eigenvalue weighted by Gasteiger charge is -2.36. The van der Waals surface area contributed by atoms with Gasteiger partial charge < -0.3 is 19.2 Å². The predicted molar refractivity (Wildman–Crippen MR) is 125 cm³/mol. The van der Waals surface area contributed by atoms with E-state index >= 15 is 0 Å². The van der Waals surface area contributed by atoms with Gasteiger partial charge in [-0.05, 0) is 19.1 Å². The van der Waals surface area contributed by atoms with Crippen molar-refractivity contribution in [2.45, 2.75) is 19.9 Å². The second-order valence-electron chi connectivity index (χ2n) is 6.99. The maximum Gasteiger partial charge on any atom is 0.194 e. The number of hydrogen-bond acceptors (Lipinski definition) is 5. The maximum atomic E-state index is 5.90. The number of fused-ring (bicyclic) bond motifs is 1. The molecule has 0 bridgehead atoms. The highest BCUT2D eigenvalue weighted by Crippen LogP contribution is 2.19. The van der Waals surface area contributed by atoms with Crippen molar-refractivity contribution >= 4 is 40.9 Å². The second-order valence-corrected chi connectivity index (χ2v) is 6.99. The number of aromatic nitrogens is 1. The highest BCUT2D eigenvalue weighted by Gasteiger charge is 2.20. The molecule has 0 saturated carbocycles. The zero-order valence-electron chi connectivity index (χ0n) is 16.7. The van der Waals surface area contributed by atoms with Crippen LogP contribution in [0.4, 0.5) is 0 Å². The van der Waals surface area contributed by atoms with Gasteiger partial charge in [0.05, 0.1) is 5.69 Å². The molecule has 1 N–H and O–H groups in total. The van der Waals surface area contributed by atoms with Gasteiger partial charge in [-0.3, -0.25) is 9.89 Å². The van der Waals surface area contributed by atoms with Crippen LogP contribution >= 0.6 is 24.0 Å². The molecule has 7 nitrogen and oxygen atoms in total. The number of rotatable bonds is 6. The molecule has 0 radical (unpaired) electrons. The van der Waals surface area contributed by atoms with Crippen LogP contribution in [0.15, 0.2) is 56.6 Å². The van der Waals surface area contributed by atoms with E-state index in [9.17, 15) is 0 Å². The van der Waals surface area contributed by atoms with Gasteiger partial charge in [-0.1, -0.05) is 23.4 Å². The number of nitrogens with zero attached hydrogens (tertiary/aromatic N) is 4. The molecule has 1 fully saturated rings. The number of furan rings is 1. The van der Waals surface area contributed by atoms with Crippen molar-refractivity contribution in [3.05, 3.63) is 54.1 Å². The van der Waals surface area contributed by atoms with Gasteiger partial charge in [0.25, 0.3) is 0 Å². The fraction of sp³-hybridized carbons (Fsp3) is 0.429. The van der Waals surface area contributed by atoms with Crippen LogP contribution < -0.4 is 5.32 Å². The van der Waals surface area contributed by atoms with E-state index in [1.807, 2.05) is 24.3 Å². The number of halogens is 1. The molecule has 0 atom stereocenters. The Hall–Kier alpha value is -2.07. The molecular formula is C21H28IN5O2. The Bertz CT molecular complexity index is 868. The van der Waals surface area contributed by atoms with Crippen LogP contribution in [0.5, 0.6) is 0 Å². The Balaban J connectivity index is 0.00000240. The average molecular weight is 509 g/mol. The van der Waals surface area contributed by atoms with E-state index in [4.69, 9.17) is 13.9 Å². The number of aliphatic imine (C=N–C) groups is 1. The van der Waals surface area contributed by atoms with Gasteiger partial charge in [0.1, 0.15) is 17.6 Å². The highest BCUT2D eigenvalue weighted by atomic mass is 127. The summed E-state index contributed by atoms with van der Waals surface area (Å²) >= 11 is 0. The second kappa shape index (κ2) is 10.6. The summed E-state index contributed by atoms with van der Waals surface area (Å²) in [6.07, 6.45) is 2.43. The summed E-state index contributed by atoms with van der Waals surface area (Å²) in [7, 11) is 0. The molecule has 156 valence electrons. The van der Waals surface area contributed by atoms with E-state index < -0.39 is 0 Å². The summed E-state index contributed by atoms with van der Waals surface area (Å²) in [5, 5.41) is 8.58. The lowest BCUT2D eigenvalue weighted by Crippen LogP contribution is -2.52. The lowest BCUT2D eigenvalue weighted by atomic mass is 10.2. The smallest absolute Gasteiger partial charge is 0.194 e. The molecule has 0 unspecified atom stereocenters. The van der Waals surface area contributed by atoms with Crippen LogP contribution in [0, 0.1) is 0 Å². The lowest BCUT2D eigenvalue weighted by molar-refractivity contribution is 0.169. The Morgan fingerprint density at radius 3 is 2.72 bits per heavy atom. The van der Waals surface area contributed by atoms with Crippen LogP contribution in [-0.4, -0.2) is 60.2 Å². The summed E-state index contributed by atoms with van der Waals surface area (Å²) in [5.74, 6) is 1.97. The van der Waals surface area contributed by atoms with Gasteiger partial charge in [-0.2, -0.15) is 0 Å². The van der Waals surface area contributed by atoms with Crippen LogP contribution in [0.2, 0.25) is 0 Å². The van der Waals surface area contributed by atoms with Crippen molar-refractivity contribution in [2.24, 2.45) is 4.99 Å². The number of hydrogen-bond donors (Lipinski definition) is 1. The molecule has 1 aliphatic rings. The predicted octanol–water partition coefficient (Wildman–Crippen LogP) is 3.36. The van der Waals surface area contributed by atoms with Crippen LogP contribution in [0.1, 0.15) is 18.4 Å². The number of guanidine groups is 1. The molecular weight excluding hydrogens is 481 g/mol. The van der Waals surface area contributed by atoms with Gasteiger partial charge >= 0.3 is 0 Å². The molecule has 1 aliphatic heterocycles. The topological polar surface area (TPSA) is 70.0 Å². The Kier molecular flexibility index (Phi) is 7.93. The van der Waals surface area contributed by atoms with E-state index in [1.165, 1.54) is 0 Å². The van der Waals surface area contributed by atoms with Crippen molar-refractivity contribution in [2.75, 3.05) is 39.3 Å². The number of piperazine rings is 1. The first-order valence-corrected chi connectivity index (χ1v) is 9.94. The van der Waals surface area contributed by atoms with Gasteiger partial charge in [0.2, 0.25) is 0 Å². The molecule has 0 aliphatic carbocycles. The molecule has 1 aromatic carbocycles. The van der Waals surface area contributed by atoms with E-state index in [0.29, 0.717) is 6.54 Å². The molecule has 0 amide bonds. The molecule has 4 rings (SSSR count). The maximum absolute atomic E-state index is 5.90. The fourth-order valence-electron chi connectivity index (χ4n) is 3.52. The van der Waals surface area contributed by atoms with E-state index in [-0.39, 0.29) is 24.0 Å². The molecule has 3 aromatic rings. The first-order chi connectivity index (χ1) is 13.8. The largest absolute Gasteiger partial charge is 0.461 e. The Morgan fingerprint density at radius 2 is 2.00 bits per heavy atom. The zero-order chi connectivity index (χ0) is 19.2. The van der Waals surface area contributed by atoms with Crippen LogP contribution in [0.3, 0.4) is 0 Å². The van der Waals surface area contributed by atoms with E-state index in [1.54, 1.807) is 6.26 Å². The molecule has 1 saturated heterocycles. The van der Waals surface area contributed by atoms with Crippen molar-refractivity contribution in [3.8, 4) is 0 Å². The molecule has 2 aromatic heterocycles. The molecule has 0 spiro atoms. The minimum absolute atomic E-state index is 0. The highest BCUT2D eigenvalue weighted by molar-refractivity contribution is 14.0. The summed E-state index contributed by atoms with van der Waals surface area (Å²) in [4.78, 5) is 9.56. The van der Waals surface area contributed by atoms with Crippen LogP contribution in [-0.2, 0) is 13.0 Å². The van der Waals surface area contributed by atoms with Crippen molar-refractivity contribution in [1.29, 1.82) is 0 Å². The minimum Gasteiger partial charge on any atom is -0.461 e. The van der Waals surface area contributed by atoms with Crippen LogP contribution in [0.25, 0.3) is 11.0 Å². The first kappa shape index (κ1) is 21.6. The van der Waals surface area contributed by atoms with Crippen molar-refractivity contribution in [1.82, 2.24) is 20.3 Å². The third-order valence-electron chi connectivity index (χ3n) is 4.98. The van der Waals surface area contributed by atoms with Gasteiger partial charge in [-0.15, -0.1) is 24.0 Å². The van der Waals surface area contributed by atoms with Gasteiger partial charge in [0.15, 0.2) is 5.96 Å². The summed E-state index contributed by atoms with van der Waals surface area (Å²) in [6, 6.07) is 12.2. The molecule has 29 heavy (non-hydrogen) atoms. The van der Waals surface area contributed by atoms with Crippen molar-refractivity contribution in [3.63, 3.8) is 0 Å². The Labute approximate surface area is 188 Å². The zero-order valence-corrected chi connectivity index (χ0v) is 19.0. The SMILES string of the molecule is CCNC(=NCCc1cc2ccccc2o1)N1CCN(Cc2ccon2)CC1.I. The summed E-state index contributed by atoms with van der Waals surface area (Å²) in [5.41, 5.74) is 1.93. The van der Waals surface area contributed by atoms with Gasteiger partial charge in [0, 0.05) is 63.7 Å². The van der Waals surface area contributed by atoms with E-state index in [2.05, 4.69) is 39.3 Å². The third kappa shape index (κ3) is 5.72.